The molecular formula is C21H26BrNO5S2. The first kappa shape index (κ1) is 24.7. The van der Waals surface area contributed by atoms with E-state index < -0.39 is 0 Å². The molecule has 1 aromatic rings. The lowest BCUT2D eigenvalue weighted by Gasteiger charge is -2.14. The number of thioether (sulfide) groups is 1. The van der Waals surface area contributed by atoms with Crippen LogP contribution in [-0.4, -0.2) is 48.5 Å². The highest BCUT2D eigenvalue weighted by Crippen LogP contribution is 2.39. The standard InChI is InChI=1S/C21H26BrNO5S2/c1-4-10-28-19-15(22)11-14(12-16(19)26-2)13-17-20(25)23(21(29)30-17)9-7-5-6-8-18(24)27-3/h11-13H,4-10H2,1-3H3/b17-13-. The van der Waals surface area contributed by atoms with Gasteiger partial charge in [-0.1, -0.05) is 37.3 Å². The Kier molecular flexibility index (Phi) is 10.1. The van der Waals surface area contributed by atoms with Gasteiger partial charge in [0, 0.05) is 13.0 Å². The van der Waals surface area contributed by atoms with Gasteiger partial charge in [0.15, 0.2) is 11.5 Å². The lowest BCUT2D eigenvalue weighted by Crippen LogP contribution is -2.29. The van der Waals surface area contributed by atoms with Gasteiger partial charge >= 0.3 is 5.97 Å². The summed E-state index contributed by atoms with van der Waals surface area (Å²) in [7, 11) is 2.97. The van der Waals surface area contributed by atoms with Crippen LogP contribution in [0.25, 0.3) is 6.08 Å². The van der Waals surface area contributed by atoms with Crippen molar-refractivity contribution in [1.82, 2.24) is 4.90 Å². The normalized spacial score (nSPS) is 15.1. The second kappa shape index (κ2) is 12.3. The molecule has 1 aliphatic rings. The molecule has 0 radical (unpaired) electrons. The van der Waals surface area contributed by atoms with E-state index in [1.165, 1.54) is 18.9 Å². The Morgan fingerprint density at radius 2 is 2.03 bits per heavy atom. The van der Waals surface area contributed by atoms with Crippen molar-refractivity contribution >= 4 is 62.2 Å². The second-order valence-electron chi connectivity index (χ2n) is 6.60. The fourth-order valence-electron chi connectivity index (χ4n) is 2.83. The van der Waals surface area contributed by atoms with Crippen LogP contribution in [0.3, 0.4) is 0 Å². The van der Waals surface area contributed by atoms with Crippen LogP contribution in [0.1, 0.15) is 44.6 Å². The molecule has 0 aliphatic carbocycles. The van der Waals surface area contributed by atoms with Gasteiger partial charge in [-0.25, -0.2) is 0 Å². The minimum atomic E-state index is -0.212. The van der Waals surface area contributed by atoms with Crippen molar-refractivity contribution < 1.29 is 23.8 Å². The summed E-state index contributed by atoms with van der Waals surface area (Å²) in [5, 5.41) is 0. The molecule has 1 fully saturated rings. The third kappa shape index (κ3) is 6.72. The van der Waals surface area contributed by atoms with Crippen molar-refractivity contribution in [2.75, 3.05) is 27.4 Å². The van der Waals surface area contributed by atoms with Crippen molar-refractivity contribution in [3.05, 3.63) is 27.1 Å². The Balaban J connectivity index is 2.04. The molecule has 0 aromatic heterocycles. The summed E-state index contributed by atoms with van der Waals surface area (Å²) < 4.78 is 17.2. The van der Waals surface area contributed by atoms with E-state index in [1.807, 2.05) is 25.1 Å². The molecule has 30 heavy (non-hydrogen) atoms. The van der Waals surface area contributed by atoms with Crippen LogP contribution in [0.15, 0.2) is 21.5 Å². The first-order valence-corrected chi connectivity index (χ1v) is 11.8. The van der Waals surface area contributed by atoms with Crippen LogP contribution < -0.4 is 9.47 Å². The van der Waals surface area contributed by atoms with E-state index in [0.717, 1.165) is 35.7 Å². The van der Waals surface area contributed by atoms with Gasteiger partial charge in [-0.3, -0.25) is 14.5 Å². The van der Waals surface area contributed by atoms with Crippen LogP contribution in [-0.2, 0) is 14.3 Å². The van der Waals surface area contributed by atoms with Gasteiger partial charge < -0.3 is 14.2 Å². The summed E-state index contributed by atoms with van der Waals surface area (Å²) >= 11 is 10.2. The summed E-state index contributed by atoms with van der Waals surface area (Å²) in [4.78, 5) is 26.1. The molecule has 6 nitrogen and oxygen atoms in total. The number of methoxy groups -OCH3 is 2. The first-order valence-electron chi connectivity index (χ1n) is 9.73. The Labute approximate surface area is 195 Å². The van der Waals surface area contributed by atoms with Gasteiger partial charge in [-0.2, -0.15) is 0 Å². The van der Waals surface area contributed by atoms with Gasteiger partial charge in [0.1, 0.15) is 4.32 Å². The summed E-state index contributed by atoms with van der Waals surface area (Å²) in [5.41, 5.74) is 0.821. The Bertz CT molecular complexity index is 828. The summed E-state index contributed by atoms with van der Waals surface area (Å²) in [5.74, 6) is 0.941. The molecule has 1 heterocycles. The largest absolute Gasteiger partial charge is 0.493 e. The number of hydrogen-bond donors (Lipinski definition) is 0. The number of nitrogens with zero attached hydrogens (tertiary/aromatic N) is 1. The maximum Gasteiger partial charge on any atom is 0.305 e. The minimum Gasteiger partial charge on any atom is -0.493 e. The zero-order valence-corrected chi connectivity index (χ0v) is 20.6. The van der Waals surface area contributed by atoms with E-state index in [2.05, 4.69) is 20.7 Å². The number of thiocarbonyl (C=S) groups is 1. The molecule has 2 rings (SSSR count). The van der Waals surface area contributed by atoms with E-state index >= 15 is 0 Å². The smallest absolute Gasteiger partial charge is 0.305 e. The summed E-state index contributed by atoms with van der Waals surface area (Å²) in [6, 6.07) is 3.74. The topological polar surface area (TPSA) is 65.1 Å². The number of esters is 1. The maximum absolute atomic E-state index is 12.8. The zero-order valence-electron chi connectivity index (χ0n) is 17.4. The third-order valence-electron chi connectivity index (χ3n) is 4.36. The SMILES string of the molecule is CCCOc1c(Br)cc(/C=C2\SC(=S)N(CCCCCC(=O)OC)C2=O)cc1OC. The highest BCUT2D eigenvalue weighted by Gasteiger charge is 2.31. The Morgan fingerprint density at radius 1 is 1.27 bits per heavy atom. The number of carbonyl (C=O) groups excluding carboxylic acids is 2. The molecule has 0 atom stereocenters. The molecule has 0 spiro atoms. The summed E-state index contributed by atoms with van der Waals surface area (Å²) in [6.45, 7) is 3.17. The number of ether oxygens (including phenoxy) is 3. The fraction of sp³-hybridized carbons (Fsp3) is 0.476. The van der Waals surface area contributed by atoms with Crippen LogP contribution in [0, 0.1) is 0 Å². The lowest BCUT2D eigenvalue weighted by atomic mass is 10.1. The second-order valence-corrected chi connectivity index (χ2v) is 9.13. The predicted octanol–water partition coefficient (Wildman–Crippen LogP) is 5.18. The molecule has 164 valence electrons. The number of rotatable bonds is 11. The maximum atomic E-state index is 12.8. The van der Waals surface area contributed by atoms with Crippen LogP contribution in [0.5, 0.6) is 11.5 Å². The molecule has 0 unspecified atom stereocenters. The van der Waals surface area contributed by atoms with E-state index in [4.69, 9.17) is 21.7 Å². The van der Waals surface area contributed by atoms with Crippen molar-refractivity contribution in [2.45, 2.75) is 39.0 Å². The molecule has 1 aliphatic heterocycles. The monoisotopic (exact) mass is 515 g/mol. The Morgan fingerprint density at radius 3 is 2.70 bits per heavy atom. The molecule has 0 N–H and O–H groups in total. The number of amides is 1. The van der Waals surface area contributed by atoms with Crippen LogP contribution in [0.4, 0.5) is 0 Å². The molecular weight excluding hydrogens is 490 g/mol. The number of carbonyl (C=O) groups is 2. The third-order valence-corrected chi connectivity index (χ3v) is 6.33. The van der Waals surface area contributed by atoms with E-state index in [-0.39, 0.29) is 11.9 Å². The van der Waals surface area contributed by atoms with Crippen molar-refractivity contribution in [2.24, 2.45) is 0 Å². The number of halogens is 1. The van der Waals surface area contributed by atoms with E-state index in [1.54, 1.807) is 12.0 Å². The van der Waals surface area contributed by atoms with Crippen molar-refractivity contribution in [3.63, 3.8) is 0 Å². The fourth-order valence-corrected chi connectivity index (χ4v) is 4.71. The zero-order chi connectivity index (χ0) is 22.1. The van der Waals surface area contributed by atoms with Crippen molar-refractivity contribution in [1.29, 1.82) is 0 Å². The van der Waals surface area contributed by atoms with Crippen LogP contribution in [0.2, 0.25) is 0 Å². The molecule has 1 saturated heterocycles. The average molecular weight is 516 g/mol. The quantitative estimate of drug-likeness (QED) is 0.174. The number of unbranched alkanes of at least 4 members (excludes halogenated alkanes) is 2. The minimum absolute atomic E-state index is 0.0978. The first-order chi connectivity index (χ1) is 14.4. The molecule has 1 amide bonds. The predicted molar refractivity (Wildman–Crippen MR) is 127 cm³/mol. The van der Waals surface area contributed by atoms with Gasteiger partial charge in [0.25, 0.3) is 5.91 Å². The molecule has 0 bridgehead atoms. The summed E-state index contributed by atoms with van der Waals surface area (Å²) in [6.07, 6.45) is 5.44. The van der Waals surface area contributed by atoms with Gasteiger partial charge in [0.05, 0.1) is 30.2 Å². The molecule has 9 heteroatoms. The number of benzene rings is 1. The molecule has 0 saturated carbocycles. The van der Waals surface area contributed by atoms with E-state index in [9.17, 15) is 9.59 Å². The van der Waals surface area contributed by atoms with Gasteiger partial charge in [0.2, 0.25) is 0 Å². The number of hydrogen-bond acceptors (Lipinski definition) is 7. The van der Waals surface area contributed by atoms with Crippen molar-refractivity contribution in [3.8, 4) is 11.5 Å². The molecule has 1 aromatic carbocycles. The highest BCUT2D eigenvalue weighted by molar-refractivity contribution is 9.10. The lowest BCUT2D eigenvalue weighted by molar-refractivity contribution is -0.140. The average Bonchev–Trinajstić information content (AvgIpc) is 2.99. The Hall–Kier alpha value is -1.58. The van der Waals surface area contributed by atoms with Gasteiger partial charge in [-0.15, -0.1) is 0 Å². The highest BCUT2D eigenvalue weighted by atomic mass is 79.9. The van der Waals surface area contributed by atoms with Crippen LogP contribution >= 0.6 is 39.9 Å². The van der Waals surface area contributed by atoms with Gasteiger partial charge in [-0.05, 0) is 59.0 Å². The van der Waals surface area contributed by atoms with E-state index in [0.29, 0.717) is 40.3 Å².